The molecule has 0 aliphatic heterocycles. The highest BCUT2D eigenvalue weighted by molar-refractivity contribution is 9.10. The third kappa shape index (κ3) is 3.75. The maximum Gasteiger partial charge on any atom is 0.573 e. The second-order valence-electron chi connectivity index (χ2n) is 2.84. The number of alkyl halides is 3. The van der Waals surface area contributed by atoms with Crippen molar-refractivity contribution < 1.29 is 30.9 Å². The van der Waals surface area contributed by atoms with Gasteiger partial charge in [-0.05, 0) is 22.0 Å². The Morgan fingerprint density at radius 3 is 2.29 bits per heavy atom. The number of hydrogen-bond donors (Lipinski definition) is 2. The van der Waals surface area contributed by atoms with E-state index in [0.717, 1.165) is 6.07 Å². The lowest BCUT2D eigenvalue weighted by Crippen LogP contribution is -2.18. The minimum Gasteiger partial charge on any atom is -0.405 e. The zero-order chi connectivity index (χ0) is 13.4. The van der Waals surface area contributed by atoms with Crippen LogP contribution in [0, 0.1) is 0 Å². The number of hydrogen-bond acceptors (Lipinski definition) is 4. The van der Waals surface area contributed by atoms with Crippen LogP contribution in [0.25, 0.3) is 0 Å². The molecule has 1 aromatic rings. The normalized spacial score (nSPS) is 12.5. The van der Waals surface area contributed by atoms with Crippen LogP contribution in [0.5, 0.6) is 5.75 Å². The lowest BCUT2D eigenvalue weighted by atomic mass is 10.3. The predicted molar refractivity (Wildman–Crippen MR) is 55.1 cm³/mol. The summed E-state index contributed by atoms with van der Waals surface area (Å²) < 4.78 is 69.6. The molecular formula is C7H5BrF3NO4S. The van der Waals surface area contributed by atoms with Gasteiger partial charge in [0.25, 0.3) is 10.1 Å². The van der Waals surface area contributed by atoms with Gasteiger partial charge in [-0.1, -0.05) is 0 Å². The highest BCUT2D eigenvalue weighted by Crippen LogP contribution is 2.35. The summed E-state index contributed by atoms with van der Waals surface area (Å²) in [7, 11) is -4.72. The molecule has 3 N–H and O–H groups in total. The number of rotatable bonds is 2. The van der Waals surface area contributed by atoms with E-state index < -0.39 is 32.8 Å². The first-order valence-electron chi connectivity index (χ1n) is 3.83. The van der Waals surface area contributed by atoms with Gasteiger partial charge in [0.1, 0.15) is 10.6 Å². The highest BCUT2D eigenvalue weighted by atomic mass is 79.9. The summed E-state index contributed by atoms with van der Waals surface area (Å²) in [5.41, 5.74) is 4.83. The van der Waals surface area contributed by atoms with Crippen LogP contribution in [0.1, 0.15) is 0 Å². The van der Waals surface area contributed by atoms with Gasteiger partial charge < -0.3 is 10.5 Å². The third-order valence-electron chi connectivity index (χ3n) is 1.57. The van der Waals surface area contributed by atoms with Gasteiger partial charge in [0.05, 0.1) is 10.2 Å². The summed E-state index contributed by atoms with van der Waals surface area (Å²) >= 11 is 2.72. The van der Waals surface area contributed by atoms with Crippen LogP contribution in [-0.4, -0.2) is 19.3 Å². The molecule has 0 heterocycles. The number of benzene rings is 1. The topological polar surface area (TPSA) is 89.6 Å². The summed E-state index contributed by atoms with van der Waals surface area (Å²) in [5, 5.41) is 0. The van der Waals surface area contributed by atoms with Gasteiger partial charge in [0.2, 0.25) is 0 Å². The molecule has 0 aliphatic carbocycles. The molecule has 0 bridgehead atoms. The summed E-state index contributed by atoms with van der Waals surface area (Å²) in [5.74, 6) is -0.820. The van der Waals surface area contributed by atoms with Crippen molar-refractivity contribution >= 4 is 31.7 Å². The average Bonchev–Trinajstić information content (AvgIpc) is 2.05. The molecule has 0 atom stereocenters. The zero-order valence-corrected chi connectivity index (χ0v) is 10.2. The average molecular weight is 336 g/mol. The minimum atomic E-state index is -4.99. The van der Waals surface area contributed by atoms with Gasteiger partial charge in [-0.2, -0.15) is 8.42 Å². The number of nitrogens with two attached hydrogens (primary N) is 1. The van der Waals surface area contributed by atoms with Gasteiger partial charge in [0, 0.05) is 6.07 Å². The fraction of sp³-hybridized carbons (Fsp3) is 0.143. The molecule has 96 valence electrons. The molecule has 10 heteroatoms. The van der Waals surface area contributed by atoms with Crippen LogP contribution in [-0.2, 0) is 10.1 Å². The zero-order valence-electron chi connectivity index (χ0n) is 7.82. The van der Waals surface area contributed by atoms with Gasteiger partial charge in [-0.15, -0.1) is 13.2 Å². The second kappa shape index (κ2) is 4.35. The molecule has 0 spiro atoms. The van der Waals surface area contributed by atoms with Crippen molar-refractivity contribution in [3.05, 3.63) is 16.6 Å². The quantitative estimate of drug-likeness (QED) is 0.638. The van der Waals surface area contributed by atoms with Crippen molar-refractivity contribution in [2.24, 2.45) is 0 Å². The number of nitrogen functional groups attached to an aromatic ring is 1. The third-order valence-corrected chi connectivity index (χ3v) is 3.10. The first-order chi connectivity index (χ1) is 7.50. The van der Waals surface area contributed by atoms with E-state index in [1.54, 1.807) is 0 Å². The van der Waals surface area contributed by atoms with Crippen molar-refractivity contribution in [2.45, 2.75) is 11.3 Å². The molecule has 0 saturated heterocycles. The minimum absolute atomic E-state index is 0.195. The van der Waals surface area contributed by atoms with Crippen molar-refractivity contribution in [3.63, 3.8) is 0 Å². The van der Waals surface area contributed by atoms with E-state index in [4.69, 9.17) is 10.3 Å². The summed E-state index contributed by atoms with van der Waals surface area (Å²) in [6, 6.07) is 1.35. The van der Waals surface area contributed by atoms with Crippen molar-refractivity contribution in [1.82, 2.24) is 0 Å². The van der Waals surface area contributed by atoms with Crippen LogP contribution >= 0.6 is 15.9 Å². The Hall–Kier alpha value is -1.00. The van der Waals surface area contributed by atoms with Crippen LogP contribution in [0.15, 0.2) is 21.5 Å². The molecule has 5 nitrogen and oxygen atoms in total. The number of halogens is 4. The SMILES string of the molecule is Nc1cc(Br)c(OC(F)(F)F)cc1S(=O)(=O)O. The molecule has 1 aromatic carbocycles. The lowest BCUT2D eigenvalue weighted by Gasteiger charge is -2.12. The molecule has 17 heavy (non-hydrogen) atoms. The Balaban J connectivity index is 3.35. The summed E-state index contributed by atoms with van der Waals surface area (Å²) in [6.07, 6.45) is -4.99. The first kappa shape index (κ1) is 14.1. The monoisotopic (exact) mass is 335 g/mol. The molecule has 0 amide bonds. The Bertz CT molecular complexity index is 543. The Morgan fingerprint density at radius 1 is 1.35 bits per heavy atom. The fourth-order valence-electron chi connectivity index (χ4n) is 0.976. The van der Waals surface area contributed by atoms with Crippen molar-refractivity contribution in [3.8, 4) is 5.75 Å². The van der Waals surface area contributed by atoms with Gasteiger partial charge in [-0.25, -0.2) is 0 Å². The van der Waals surface area contributed by atoms with E-state index in [-0.39, 0.29) is 4.47 Å². The molecule has 0 fully saturated rings. The van der Waals surface area contributed by atoms with Crippen LogP contribution in [0.4, 0.5) is 18.9 Å². The summed E-state index contributed by atoms with van der Waals surface area (Å²) in [6.45, 7) is 0. The largest absolute Gasteiger partial charge is 0.573 e. The van der Waals surface area contributed by atoms with Crippen LogP contribution in [0.3, 0.4) is 0 Å². The summed E-state index contributed by atoms with van der Waals surface area (Å²) in [4.78, 5) is -0.861. The Labute approximate surface area is 102 Å². The first-order valence-corrected chi connectivity index (χ1v) is 6.06. The van der Waals surface area contributed by atoms with Gasteiger partial charge in [0.15, 0.2) is 0 Å². The highest BCUT2D eigenvalue weighted by Gasteiger charge is 2.33. The predicted octanol–water partition coefficient (Wildman–Crippen LogP) is 2.18. The molecule has 0 aromatic heterocycles. The Morgan fingerprint density at radius 2 is 1.88 bits per heavy atom. The maximum absolute atomic E-state index is 12.0. The van der Waals surface area contributed by atoms with Gasteiger partial charge >= 0.3 is 6.36 Å². The fourth-order valence-corrected chi connectivity index (χ4v) is 2.03. The lowest BCUT2D eigenvalue weighted by molar-refractivity contribution is -0.275. The van der Waals surface area contributed by atoms with Gasteiger partial charge in [-0.3, -0.25) is 4.55 Å². The molecule has 0 saturated carbocycles. The molecular weight excluding hydrogens is 331 g/mol. The number of anilines is 1. The Kier molecular flexibility index (Phi) is 3.60. The molecule has 0 radical (unpaired) electrons. The van der Waals surface area contributed by atoms with E-state index >= 15 is 0 Å². The second-order valence-corrected chi connectivity index (χ2v) is 5.09. The van der Waals surface area contributed by atoms with Crippen LogP contribution < -0.4 is 10.5 Å². The smallest absolute Gasteiger partial charge is 0.405 e. The standard InChI is InChI=1S/C7H5BrF3NO4S/c8-3-1-4(12)6(17(13,14)15)2-5(3)16-7(9,10)11/h1-2H,12H2,(H,13,14,15). The van der Waals surface area contributed by atoms with Crippen molar-refractivity contribution in [2.75, 3.05) is 5.73 Å². The molecule has 0 aliphatic rings. The van der Waals surface area contributed by atoms with E-state index in [2.05, 4.69) is 20.7 Å². The van der Waals surface area contributed by atoms with E-state index in [9.17, 15) is 21.6 Å². The van der Waals surface area contributed by atoms with E-state index in [1.165, 1.54) is 0 Å². The van der Waals surface area contributed by atoms with Crippen molar-refractivity contribution in [1.29, 1.82) is 0 Å². The number of ether oxygens (including phenoxy) is 1. The molecule has 1 rings (SSSR count). The molecule has 0 unspecified atom stereocenters. The van der Waals surface area contributed by atoms with E-state index in [1.807, 2.05) is 0 Å². The van der Waals surface area contributed by atoms with E-state index in [0.29, 0.717) is 6.07 Å². The van der Waals surface area contributed by atoms with Crippen LogP contribution in [0.2, 0.25) is 0 Å². The maximum atomic E-state index is 12.0.